The molecule has 1 aromatic carbocycles. The maximum Gasteiger partial charge on any atom is 0.137 e. The third kappa shape index (κ3) is 3.42. The van der Waals surface area contributed by atoms with Crippen LogP contribution in [0.25, 0.3) is 5.57 Å². The van der Waals surface area contributed by atoms with Gasteiger partial charge in [0.15, 0.2) is 0 Å². The normalized spacial score (nSPS) is 11.8. The highest BCUT2D eigenvalue weighted by Crippen LogP contribution is 2.33. The van der Waals surface area contributed by atoms with Gasteiger partial charge in [-0.2, -0.15) is 5.26 Å². The number of methoxy groups -OCH3 is 1. The van der Waals surface area contributed by atoms with Gasteiger partial charge in [-0.15, -0.1) is 0 Å². The van der Waals surface area contributed by atoms with Crippen LogP contribution in [0.5, 0.6) is 5.75 Å². The van der Waals surface area contributed by atoms with Gasteiger partial charge < -0.3 is 4.74 Å². The highest BCUT2D eigenvalue weighted by Gasteiger charge is 2.13. The predicted molar refractivity (Wildman–Crippen MR) is 84.9 cm³/mol. The minimum atomic E-state index is 0.609. The Bertz CT molecular complexity index is 535. The SMILES string of the molecule is CCC/C(CC)=C(\CC)c1cc(OC)c(C#N)cc1C. The molecule has 2 nitrogen and oxygen atoms in total. The highest BCUT2D eigenvalue weighted by molar-refractivity contribution is 5.73. The van der Waals surface area contributed by atoms with Gasteiger partial charge in [-0.05, 0) is 55.0 Å². The number of benzene rings is 1. The lowest BCUT2D eigenvalue weighted by Crippen LogP contribution is -1.98. The lowest BCUT2D eigenvalue weighted by Gasteiger charge is -2.17. The number of nitrogens with zero attached hydrogens (tertiary/aromatic N) is 1. The van der Waals surface area contributed by atoms with Crippen LogP contribution in [0, 0.1) is 18.3 Å². The van der Waals surface area contributed by atoms with E-state index in [4.69, 9.17) is 10.00 Å². The van der Waals surface area contributed by atoms with E-state index in [1.54, 1.807) is 7.11 Å². The number of hydrogen-bond acceptors (Lipinski definition) is 2. The van der Waals surface area contributed by atoms with Crippen molar-refractivity contribution in [2.45, 2.75) is 53.4 Å². The Morgan fingerprint density at radius 1 is 1.20 bits per heavy atom. The van der Waals surface area contributed by atoms with Crippen molar-refractivity contribution in [3.05, 3.63) is 34.4 Å². The molecule has 20 heavy (non-hydrogen) atoms. The molecule has 0 radical (unpaired) electrons. The summed E-state index contributed by atoms with van der Waals surface area (Å²) in [7, 11) is 1.62. The second-order valence-electron chi connectivity index (χ2n) is 5.02. The van der Waals surface area contributed by atoms with Gasteiger partial charge in [0.1, 0.15) is 11.8 Å². The van der Waals surface area contributed by atoms with E-state index in [1.165, 1.54) is 23.1 Å². The molecule has 0 saturated heterocycles. The van der Waals surface area contributed by atoms with Gasteiger partial charge >= 0.3 is 0 Å². The minimum Gasteiger partial charge on any atom is -0.495 e. The van der Waals surface area contributed by atoms with Gasteiger partial charge in [0.25, 0.3) is 0 Å². The van der Waals surface area contributed by atoms with Gasteiger partial charge in [0.2, 0.25) is 0 Å². The van der Waals surface area contributed by atoms with Crippen molar-refractivity contribution in [3.63, 3.8) is 0 Å². The van der Waals surface area contributed by atoms with E-state index < -0.39 is 0 Å². The van der Waals surface area contributed by atoms with Gasteiger partial charge in [0, 0.05) is 0 Å². The molecule has 0 bridgehead atoms. The quantitative estimate of drug-likeness (QED) is 0.708. The molecule has 0 atom stereocenters. The van der Waals surface area contributed by atoms with E-state index in [0.29, 0.717) is 11.3 Å². The Morgan fingerprint density at radius 3 is 2.35 bits per heavy atom. The van der Waals surface area contributed by atoms with E-state index in [2.05, 4.69) is 33.8 Å². The summed E-state index contributed by atoms with van der Waals surface area (Å²) >= 11 is 0. The van der Waals surface area contributed by atoms with E-state index in [0.717, 1.165) is 24.8 Å². The van der Waals surface area contributed by atoms with Crippen molar-refractivity contribution in [3.8, 4) is 11.8 Å². The smallest absolute Gasteiger partial charge is 0.137 e. The number of aryl methyl sites for hydroxylation is 1. The second kappa shape index (κ2) is 7.75. The van der Waals surface area contributed by atoms with Crippen molar-refractivity contribution in [2.24, 2.45) is 0 Å². The topological polar surface area (TPSA) is 33.0 Å². The maximum absolute atomic E-state index is 9.16. The number of rotatable bonds is 6. The maximum atomic E-state index is 9.16. The van der Waals surface area contributed by atoms with Crippen LogP contribution in [0.15, 0.2) is 17.7 Å². The fourth-order valence-electron chi connectivity index (χ4n) is 2.74. The molecule has 0 spiro atoms. The number of hydrogen-bond donors (Lipinski definition) is 0. The van der Waals surface area contributed by atoms with Crippen LogP contribution >= 0.6 is 0 Å². The summed E-state index contributed by atoms with van der Waals surface area (Å²) in [5.41, 5.74) is 5.92. The molecule has 0 amide bonds. The van der Waals surface area contributed by atoms with Crippen LogP contribution < -0.4 is 4.74 Å². The van der Waals surface area contributed by atoms with Gasteiger partial charge in [-0.1, -0.05) is 32.8 Å². The van der Waals surface area contributed by atoms with Crippen LogP contribution in [0.3, 0.4) is 0 Å². The molecule has 0 N–H and O–H groups in total. The summed E-state index contributed by atoms with van der Waals surface area (Å²) in [6.07, 6.45) is 4.40. The van der Waals surface area contributed by atoms with Crippen LogP contribution in [0.2, 0.25) is 0 Å². The van der Waals surface area contributed by atoms with Crippen molar-refractivity contribution in [1.82, 2.24) is 0 Å². The molecular weight excluding hydrogens is 246 g/mol. The standard InChI is InChI=1S/C18H25NO/c1-6-9-14(7-2)16(8-3)17-11-18(20-5)15(12-19)10-13(17)4/h10-11H,6-9H2,1-5H3/b16-14+. The molecule has 0 aromatic heterocycles. The van der Waals surface area contributed by atoms with Crippen molar-refractivity contribution >= 4 is 5.57 Å². The van der Waals surface area contributed by atoms with Crippen molar-refractivity contribution < 1.29 is 4.74 Å². The number of ether oxygens (including phenoxy) is 1. The summed E-state index contributed by atoms with van der Waals surface area (Å²) < 4.78 is 5.35. The second-order valence-corrected chi connectivity index (χ2v) is 5.02. The molecule has 2 heteroatoms. The lowest BCUT2D eigenvalue weighted by atomic mass is 9.90. The summed E-state index contributed by atoms with van der Waals surface area (Å²) in [6, 6.07) is 6.16. The Morgan fingerprint density at radius 2 is 1.90 bits per heavy atom. The zero-order valence-corrected chi connectivity index (χ0v) is 13.3. The Balaban J connectivity index is 3.47. The van der Waals surface area contributed by atoms with Gasteiger partial charge in [-0.3, -0.25) is 0 Å². The first-order valence-corrected chi connectivity index (χ1v) is 7.42. The minimum absolute atomic E-state index is 0.609. The highest BCUT2D eigenvalue weighted by atomic mass is 16.5. The summed E-state index contributed by atoms with van der Waals surface area (Å²) in [6.45, 7) is 8.71. The zero-order chi connectivity index (χ0) is 15.1. The average molecular weight is 271 g/mol. The monoisotopic (exact) mass is 271 g/mol. The molecule has 0 aliphatic carbocycles. The third-order valence-corrected chi connectivity index (χ3v) is 3.75. The van der Waals surface area contributed by atoms with E-state index in [1.807, 2.05) is 12.1 Å². The number of nitriles is 1. The van der Waals surface area contributed by atoms with Crippen molar-refractivity contribution in [1.29, 1.82) is 5.26 Å². The summed E-state index contributed by atoms with van der Waals surface area (Å²) in [4.78, 5) is 0. The van der Waals surface area contributed by atoms with Crippen molar-refractivity contribution in [2.75, 3.05) is 7.11 Å². The molecule has 0 aliphatic rings. The predicted octanol–water partition coefficient (Wildman–Crippen LogP) is 5.25. The summed E-state index contributed by atoms with van der Waals surface area (Å²) in [5, 5.41) is 9.16. The Kier molecular flexibility index (Phi) is 6.31. The Labute approximate surface area is 123 Å². The largest absolute Gasteiger partial charge is 0.495 e. The fourth-order valence-corrected chi connectivity index (χ4v) is 2.74. The fraction of sp³-hybridized carbons (Fsp3) is 0.500. The molecule has 0 unspecified atom stereocenters. The first-order valence-electron chi connectivity index (χ1n) is 7.42. The van der Waals surface area contributed by atoms with Crippen LogP contribution in [0.1, 0.15) is 63.1 Å². The summed E-state index contributed by atoms with van der Waals surface area (Å²) in [5.74, 6) is 0.672. The molecule has 0 heterocycles. The molecule has 0 fully saturated rings. The first-order chi connectivity index (χ1) is 9.62. The van der Waals surface area contributed by atoms with Gasteiger partial charge in [0.05, 0.1) is 12.7 Å². The van der Waals surface area contributed by atoms with Crippen LogP contribution in [0.4, 0.5) is 0 Å². The lowest BCUT2D eigenvalue weighted by molar-refractivity contribution is 0.413. The molecule has 0 aliphatic heterocycles. The molecule has 108 valence electrons. The molecule has 1 rings (SSSR count). The molecular formula is C18H25NO. The van der Waals surface area contributed by atoms with Crippen LogP contribution in [-0.2, 0) is 0 Å². The van der Waals surface area contributed by atoms with E-state index in [9.17, 15) is 0 Å². The Hall–Kier alpha value is -1.75. The molecule has 0 saturated carbocycles. The van der Waals surface area contributed by atoms with E-state index in [-0.39, 0.29) is 0 Å². The first kappa shape index (κ1) is 16.3. The third-order valence-electron chi connectivity index (χ3n) is 3.75. The zero-order valence-electron chi connectivity index (χ0n) is 13.3. The average Bonchev–Trinajstić information content (AvgIpc) is 2.47. The van der Waals surface area contributed by atoms with Crippen LogP contribution in [-0.4, -0.2) is 7.11 Å². The number of allylic oxidation sites excluding steroid dienone is 2. The molecule has 1 aromatic rings. The van der Waals surface area contributed by atoms with E-state index >= 15 is 0 Å². The van der Waals surface area contributed by atoms with Gasteiger partial charge in [-0.25, -0.2) is 0 Å².